The van der Waals surface area contributed by atoms with E-state index in [1.807, 2.05) is 55.5 Å². The number of rotatable bonds is 6. The van der Waals surface area contributed by atoms with Gasteiger partial charge < -0.3 is 10.1 Å². The van der Waals surface area contributed by atoms with Gasteiger partial charge in [0, 0.05) is 15.2 Å². The van der Waals surface area contributed by atoms with Crippen LogP contribution in [-0.4, -0.2) is 22.5 Å². The van der Waals surface area contributed by atoms with Gasteiger partial charge in [-0.05, 0) is 61.9 Å². The van der Waals surface area contributed by atoms with Crippen LogP contribution >= 0.6 is 23.1 Å². The van der Waals surface area contributed by atoms with Crippen molar-refractivity contribution in [2.24, 2.45) is 0 Å². The molecule has 1 aliphatic rings. The quantitative estimate of drug-likeness (QED) is 0.354. The molecule has 1 N–H and O–H groups in total. The smallest absolute Gasteiger partial charge is 0.262 e. The molecule has 0 saturated carbocycles. The second-order valence-corrected chi connectivity index (χ2v) is 9.88. The van der Waals surface area contributed by atoms with E-state index in [0.717, 1.165) is 44.6 Å². The van der Waals surface area contributed by atoms with Crippen molar-refractivity contribution in [3.63, 3.8) is 0 Å². The number of carbonyl (C=O) groups excluding carboxylic acids is 1. The molecule has 0 radical (unpaired) electrons. The molecule has 0 bridgehead atoms. The zero-order valence-electron chi connectivity index (χ0n) is 17.8. The van der Waals surface area contributed by atoms with Crippen molar-refractivity contribution in [3.05, 3.63) is 70.9 Å². The van der Waals surface area contributed by atoms with Gasteiger partial charge in [0.1, 0.15) is 21.9 Å². The third-order valence-corrected chi connectivity index (χ3v) is 7.82. The van der Waals surface area contributed by atoms with E-state index in [2.05, 4.69) is 15.3 Å². The minimum Gasteiger partial charge on any atom is -0.483 e. The largest absolute Gasteiger partial charge is 0.483 e. The molecule has 0 unspecified atom stereocenters. The predicted molar refractivity (Wildman–Crippen MR) is 130 cm³/mol. The van der Waals surface area contributed by atoms with Crippen LogP contribution in [-0.2, 0) is 17.6 Å². The van der Waals surface area contributed by atoms with Gasteiger partial charge in [-0.1, -0.05) is 42.1 Å². The summed E-state index contributed by atoms with van der Waals surface area (Å²) in [5.41, 5.74) is 3.17. The molecular formula is C25H23N3O2S2. The van der Waals surface area contributed by atoms with E-state index in [0.29, 0.717) is 0 Å². The molecule has 5 nitrogen and oxygen atoms in total. The number of nitrogens with zero attached hydrogens (tertiary/aromatic N) is 2. The maximum absolute atomic E-state index is 12.6. The Bertz CT molecular complexity index is 1290. The van der Waals surface area contributed by atoms with Crippen molar-refractivity contribution in [1.29, 1.82) is 0 Å². The summed E-state index contributed by atoms with van der Waals surface area (Å²) in [6, 6.07) is 15.5. The molecule has 0 fully saturated rings. The number of ether oxygens (including phenoxy) is 1. The van der Waals surface area contributed by atoms with Gasteiger partial charge in [-0.2, -0.15) is 0 Å². The number of hydrogen-bond acceptors (Lipinski definition) is 6. The lowest BCUT2D eigenvalue weighted by Crippen LogP contribution is -2.20. The van der Waals surface area contributed by atoms with Gasteiger partial charge in [0.2, 0.25) is 0 Å². The highest BCUT2D eigenvalue weighted by Gasteiger charge is 2.21. The summed E-state index contributed by atoms with van der Waals surface area (Å²) >= 11 is 3.37. The summed E-state index contributed by atoms with van der Waals surface area (Å²) in [4.78, 5) is 25.2. The number of thiophene rings is 1. The lowest BCUT2D eigenvalue weighted by atomic mass is 9.97. The molecule has 2 aromatic heterocycles. The van der Waals surface area contributed by atoms with Crippen molar-refractivity contribution in [3.8, 4) is 5.75 Å². The second-order valence-electron chi connectivity index (χ2n) is 7.77. The van der Waals surface area contributed by atoms with Crippen molar-refractivity contribution in [2.45, 2.75) is 42.5 Å². The lowest BCUT2D eigenvalue weighted by Gasteiger charge is -2.13. The third kappa shape index (κ3) is 4.36. The average Bonchev–Trinajstić information content (AvgIpc) is 3.19. The van der Waals surface area contributed by atoms with Gasteiger partial charge in [0.05, 0.1) is 5.69 Å². The molecule has 7 heteroatoms. The number of benzene rings is 2. The number of fused-ring (bicyclic) bond motifs is 3. The SMILES string of the molecule is Cc1ccccc1OCC(=O)Nc1ccccc1Sc1ncnc2sc3c(c12)CCCC3. The lowest BCUT2D eigenvalue weighted by molar-refractivity contribution is -0.118. The summed E-state index contributed by atoms with van der Waals surface area (Å²) in [5, 5.41) is 5.13. The summed E-state index contributed by atoms with van der Waals surface area (Å²) in [6.07, 6.45) is 6.32. The van der Waals surface area contributed by atoms with E-state index >= 15 is 0 Å². The molecule has 2 heterocycles. The third-order valence-electron chi connectivity index (χ3n) is 5.54. The van der Waals surface area contributed by atoms with E-state index in [-0.39, 0.29) is 12.5 Å². The van der Waals surface area contributed by atoms with Crippen LogP contribution in [0.25, 0.3) is 10.2 Å². The predicted octanol–water partition coefficient (Wildman–Crippen LogP) is 6.05. The standard InChI is InChI=1S/C25H23N3O2S2/c1-16-8-2-5-11-19(16)30-14-22(29)28-18-10-4-7-13-21(18)32-25-23-17-9-3-6-12-20(17)31-24(23)26-15-27-25/h2,4-5,7-8,10-11,13,15H,3,6,9,12,14H2,1H3,(H,28,29). The summed E-state index contributed by atoms with van der Waals surface area (Å²) in [7, 11) is 0. The molecule has 5 rings (SSSR count). The van der Waals surface area contributed by atoms with Crippen LogP contribution in [0, 0.1) is 6.92 Å². The number of hydrogen-bond donors (Lipinski definition) is 1. The highest BCUT2D eigenvalue weighted by Crippen LogP contribution is 2.42. The minimum atomic E-state index is -0.193. The molecule has 0 saturated heterocycles. The number of anilines is 1. The van der Waals surface area contributed by atoms with Crippen LogP contribution in [0.1, 0.15) is 28.8 Å². The number of aryl methyl sites for hydroxylation is 3. The Morgan fingerprint density at radius 3 is 2.81 bits per heavy atom. The van der Waals surface area contributed by atoms with Gasteiger partial charge in [-0.15, -0.1) is 11.3 Å². The highest BCUT2D eigenvalue weighted by atomic mass is 32.2. The van der Waals surface area contributed by atoms with E-state index in [1.165, 1.54) is 28.7 Å². The molecule has 1 amide bonds. The molecule has 0 aliphatic heterocycles. The van der Waals surface area contributed by atoms with Crippen LogP contribution in [0.3, 0.4) is 0 Å². The first kappa shape index (κ1) is 21.0. The maximum Gasteiger partial charge on any atom is 0.262 e. The number of amides is 1. The summed E-state index contributed by atoms with van der Waals surface area (Å²) < 4.78 is 5.70. The van der Waals surface area contributed by atoms with Crippen molar-refractivity contribution in [2.75, 3.05) is 11.9 Å². The summed E-state index contributed by atoms with van der Waals surface area (Å²) in [6.45, 7) is 1.92. The van der Waals surface area contributed by atoms with Gasteiger partial charge in [0.15, 0.2) is 6.61 Å². The zero-order chi connectivity index (χ0) is 21.9. The fourth-order valence-corrected chi connectivity index (χ4v) is 6.25. The fourth-order valence-electron chi connectivity index (χ4n) is 3.95. The molecule has 0 spiro atoms. The number of carbonyl (C=O) groups is 1. The molecule has 2 aromatic carbocycles. The topological polar surface area (TPSA) is 64.1 Å². The Morgan fingerprint density at radius 2 is 1.91 bits per heavy atom. The monoisotopic (exact) mass is 461 g/mol. The molecule has 4 aromatic rings. The van der Waals surface area contributed by atoms with E-state index in [4.69, 9.17) is 4.74 Å². The van der Waals surface area contributed by atoms with Gasteiger partial charge >= 0.3 is 0 Å². The Hall–Kier alpha value is -2.90. The number of nitrogens with one attached hydrogen (secondary N) is 1. The maximum atomic E-state index is 12.6. The van der Waals surface area contributed by atoms with Gasteiger partial charge in [0.25, 0.3) is 5.91 Å². The van der Waals surface area contributed by atoms with Gasteiger partial charge in [-0.25, -0.2) is 9.97 Å². The second kappa shape index (κ2) is 9.30. The Labute approximate surface area is 195 Å². The Kier molecular flexibility index (Phi) is 6.10. The molecule has 1 aliphatic carbocycles. The molecule has 0 atom stereocenters. The van der Waals surface area contributed by atoms with Crippen molar-refractivity contribution in [1.82, 2.24) is 9.97 Å². The number of para-hydroxylation sites is 2. The molecule has 32 heavy (non-hydrogen) atoms. The van der Waals surface area contributed by atoms with Crippen LogP contribution < -0.4 is 10.1 Å². The zero-order valence-corrected chi connectivity index (χ0v) is 19.4. The van der Waals surface area contributed by atoms with E-state index in [1.54, 1.807) is 29.4 Å². The number of aromatic nitrogens is 2. The Morgan fingerprint density at radius 1 is 1.09 bits per heavy atom. The first-order valence-electron chi connectivity index (χ1n) is 10.7. The molecule has 162 valence electrons. The van der Waals surface area contributed by atoms with E-state index < -0.39 is 0 Å². The van der Waals surface area contributed by atoms with Crippen LogP contribution in [0.15, 0.2) is 64.8 Å². The fraction of sp³-hybridized carbons (Fsp3) is 0.240. The first-order chi connectivity index (χ1) is 15.7. The Balaban J connectivity index is 1.36. The van der Waals surface area contributed by atoms with Crippen LogP contribution in [0.4, 0.5) is 5.69 Å². The van der Waals surface area contributed by atoms with Crippen LogP contribution in [0.5, 0.6) is 5.75 Å². The van der Waals surface area contributed by atoms with Crippen molar-refractivity contribution < 1.29 is 9.53 Å². The van der Waals surface area contributed by atoms with Gasteiger partial charge in [-0.3, -0.25) is 4.79 Å². The van der Waals surface area contributed by atoms with Crippen molar-refractivity contribution >= 4 is 44.9 Å². The minimum absolute atomic E-state index is 0.0420. The summed E-state index contributed by atoms with van der Waals surface area (Å²) in [5.74, 6) is 0.526. The van der Waals surface area contributed by atoms with E-state index in [9.17, 15) is 4.79 Å². The molecular weight excluding hydrogens is 438 g/mol. The van der Waals surface area contributed by atoms with Crippen LogP contribution in [0.2, 0.25) is 0 Å². The normalized spacial score (nSPS) is 13.0. The average molecular weight is 462 g/mol. The first-order valence-corrected chi connectivity index (χ1v) is 12.3. The highest BCUT2D eigenvalue weighted by molar-refractivity contribution is 7.99.